The smallest absolute Gasteiger partial charge is 0.210 e. The van der Waals surface area contributed by atoms with Gasteiger partial charge in [-0.15, -0.1) is 16.4 Å². The van der Waals surface area contributed by atoms with Gasteiger partial charge in [-0.05, 0) is 31.5 Å². The molecular weight excluding hydrogens is 246 g/mol. The maximum Gasteiger partial charge on any atom is 0.210 e. The van der Waals surface area contributed by atoms with Crippen LogP contribution < -0.4 is 4.80 Å². The monoisotopic (exact) mass is 261 g/mol. The van der Waals surface area contributed by atoms with Crippen LogP contribution in [0.15, 0.2) is 39.8 Å². The number of phenolic OH excluding ortho intramolecular Hbond substituents is 1. The molecule has 0 radical (unpaired) electrons. The van der Waals surface area contributed by atoms with Crippen molar-refractivity contribution in [3.63, 3.8) is 0 Å². The lowest BCUT2D eigenvalue weighted by molar-refractivity contribution is 0.475. The maximum atomic E-state index is 9.32. The fraction of sp³-hybridized carbons (Fsp3) is 0.231. The lowest BCUT2D eigenvalue weighted by Crippen LogP contribution is -2.14. The van der Waals surface area contributed by atoms with E-state index in [0.717, 1.165) is 16.9 Å². The summed E-state index contributed by atoms with van der Waals surface area (Å²) < 4.78 is 2.10. The van der Waals surface area contributed by atoms with Gasteiger partial charge in [0.1, 0.15) is 5.75 Å². The van der Waals surface area contributed by atoms with Crippen LogP contribution in [-0.4, -0.2) is 15.9 Å². The third kappa shape index (κ3) is 2.87. The number of aromatic nitrogens is 1. The average Bonchev–Trinajstić information content (AvgIpc) is 2.70. The van der Waals surface area contributed by atoms with Gasteiger partial charge in [0.2, 0.25) is 4.80 Å². The number of aryl methyl sites for hydroxylation is 1. The molecule has 0 atom stereocenters. The van der Waals surface area contributed by atoms with Crippen molar-refractivity contribution in [2.45, 2.75) is 20.4 Å². The molecule has 0 unspecified atom stereocenters. The van der Waals surface area contributed by atoms with Crippen molar-refractivity contribution in [1.29, 1.82) is 0 Å². The Morgan fingerprint density at radius 2 is 2.28 bits per heavy atom. The number of hydrogen-bond donors (Lipinski definition) is 1. The first-order valence-electron chi connectivity index (χ1n) is 5.71. The number of thiazole rings is 1. The van der Waals surface area contributed by atoms with E-state index in [1.54, 1.807) is 35.8 Å². The van der Waals surface area contributed by atoms with E-state index in [1.807, 2.05) is 6.07 Å². The third-order valence-electron chi connectivity index (χ3n) is 2.53. The second-order valence-corrected chi connectivity index (χ2v) is 4.68. The van der Waals surface area contributed by atoms with Gasteiger partial charge in [-0.3, -0.25) is 0 Å². The van der Waals surface area contributed by atoms with E-state index in [9.17, 15) is 5.11 Å². The standard InChI is InChI=1S/C13H15N3OS/c1-3-16-10(2)9-18-13(16)15-14-8-11-5-4-6-12(17)7-11/h4-9,17H,3H2,1-2H3. The largest absolute Gasteiger partial charge is 0.508 e. The van der Waals surface area contributed by atoms with E-state index in [2.05, 4.69) is 34.0 Å². The Labute approximate surface area is 110 Å². The first-order chi connectivity index (χ1) is 8.70. The Morgan fingerprint density at radius 1 is 1.44 bits per heavy atom. The number of benzene rings is 1. The Bertz CT molecular complexity index is 625. The van der Waals surface area contributed by atoms with E-state index in [0.29, 0.717) is 0 Å². The van der Waals surface area contributed by atoms with E-state index in [4.69, 9.17) is 0 Å². The maximum absolute atomic E-state index is 9.32. The minimum absolute atomic E-state index is 0.231. The second-order valence-electron chi connectivity index (χ2n) is 3.84. The molecule has 2 rings (SSSR count). The highest BCUT2D eigenvalue weighted by Gasteiger charge is 1.97. The van der Waals surface area contributed by atoms with Crippen molar-refractivity contribution in [1.82, 2.24) is 4.57 Å². The first-order valence-corrected chi connectivity index (χ1v) is 6.59. The molecule has 4 nitrogen and oxygen atoms in total. The van der Waals surface area contributed by atoms with Gasteiger partial charge in [0.05, 0.1) is 6.21 Å². The molecule has 0 aliphatic carbocycles. The number of phenols is 1. The molecule has 0 amide bonds. The molecule has 5 heteroatoms. The fourth-order valence-electron chi connectivity index (χ4n) is 1.63. The van der Waals surface area contributed by atoms with Crippen LogP contribution in [0.25, 0.3) is 0 Å². The molecule has 0 saturated heterocycles. The lowest BCUT2D eigenvalue weighted by Gasteiger charge is -1.98. The van der Waals surface area contributed by atoms with Crippen LogP contribution in [0.4, 0.5) is 0 Å². The van der Waals surface area contributed by atoms with Crippen molar-refractivity contribution in [3.05, 3.63) is 45.7 Å². The first kappa shape index (κ1) is 12.6. The molecule has 0 aliphatic rings. The topological polar surface area (TPSA) is 49.9 Å². The highest BCUT2D eigenvalue weighted by Crippen LogP contribution is 2.08. The van der Waals surface area contributed by atoms with Crippen LogP contribution in [0.5, 0.6) is 5.75 Å². The minimum Gasteiger partial charge on any atom is -0.508 e. The summed E-state index contributed by atoms with van der Waals surface area (Å²) in [4.78, 5) is 0.881. The summed E-state index contributed by atoms with van der Waals surface area (Å²) in [5, 5.41) is 19.6. The zero-order valence-corrected chi connectivity index (χ0v) is 11.2. The zero-order chi connectivity index (χ0) is 13.0. The van der Waals surface area contributed by atoms with E-state index in [1.165, 1.54) is 5.69 Å². The molecule has 1 N–H and O–H groups in total. The SMILES string of the molecule is CCn1c(C)csc1=NN=Cc1cccc(O)c1. The van der Waals surface area contributed by atoms with Gasteiger partial charge in [-0.25, -0.2) is 0 Å². The molecule has 0 fully saturated rings. The van der Waals surface area contributed by atoms with Crippen molar-refractivity contribution in [2.24, 2.45) is 10.2 Å². The van der Waals surface area contributed by atoms with E-state index >= 15 is 0 Å². The quantitative estimate of drug-likeness (QED) is 0.670. The Balaban J connectivity index is 2.25. The zero-order valence-electron chi connectivity index (χ0n) is 10.4. The summed E-state index contributed by atoms with van der Waals surface area (Å²) in [7, 11) is 0. The summed E-state index contributed by atoms with van der Waals surface area (Å²) in [5.74, 6) is 0.231. The van der Waals surface area contributed by atoms with Crippen LogP contribution >= 0.6 is 11.3 Å². The van der Waals surface area contributed by atoms with E-state index in [-0.39, 0.29) is 5.75 Å². The molecular formula is C13H15N3OS. The molecule has 1 aromatic carbocycles. The molecule has 18 heavy (non-hydrogen) atoms. The average molecular weight is 261 g/mol. The minimum atomic E-state index is 0.231. The highest BCUT2D eigenvalue weighted by atomic mass is 32.1. The second kappa shape index (κ2) is 5.64. The third-order valence-corrected chi connectivity index (χ3v) is 3.50. The van der Waals surface area contributed by atoms with Gasteiger partial charge in [-0.1, -0.05) is 12.1 Å². The lowest BCUT2D eigenvalue weighted by atomic mass is 10.2. The normalized spacial score (nSPS) is 12.4. The molecule has 1 heterocycles. The number of hydrogen-bond acceptors (Lipinski definition) is 4. The van der Waals surface area contributed by atoms with Gasteiger partial charge in [0, 0.05) is 17.6 Å². The number of nitrogens with zero attached hydrogens (tertiary/aromatic N) is 3. The molecule has 0 aliphatic heterocycles. The summed E-state index contributed by atoms with van der Waals surface area (Å²) in [6.45, 7) is 5.02. The predicted octanol–water partition coefficient (Wildman–Crippen LogP) is 2.52. The molecule has 94 valence electrons. The Morgan fingerprint density at radius 3 is 3.00 bits per heavy atom. The summed E-state index contributed by atoms with van der Waals surface area (Å²) in [6, 6.07) is 6.92. The van der Waals surface area contributed by atoms with Crippen molar-refractivity contribution in [2.75, 3.05) is 0 Å². The van der Waals surface area contributed by atoms with Gasteiger partial charge in [-0.2, -0.15) is 5.10 Å². The molecule has 0 spiro atoms. The van der Waals surface area contributed by atoms with Crippen molar-refractivity contribution in [3.8, 4) is 5.75 Å². The van der Waals surface area contributed by atoms with Crippen molar-refractivity contribution < 1.29 is 5.11 Å². The van der Waals surface area contributed by atoms with Crippen LogP contribution in [0, 0.1) is 6.92 Å². The Kier molecular flexibility index (Phi) is 3.94. The molecule has 1 aromatic heterocycles. The number of rotatable bonds is 3. The van der Waals surface area contributed by atoms with Crippen LogP contribution in [-0.2, 0) is 6.54 Å². The van der Waals surface area contributed by atoms with Crippen LogP contribution in [0.2, 0.25) is 0 Å². The summed E-state index contributed by atoms with van der Waals surface area (Å²) in [5.41, 5.74) is 2.02. The number of aromatic hydroxyl groups is 1. The van der Waals surface area contributed by atoms with Gasteiger partial charge >= 0.3 is 0 Å². The predicted molar refractivity (Wildman–Crippen MR) is 74.0 cm³/mol. The van der Waals surface area contributed by atoms with E-state index < -0.39 is 0 Å². The van der Waals surface area contributed by atoms with Crippen LogP contribution in [0.3, 0.4) is 0 Å². The van der Waals surface area contributed by atoms with Crippen LogP contribution in [0.1, 0.15) is 18.2 Å². The van der Waals surface area contributed by atoms with Gasteiger partial charge < -0.3 is 9.67 Å². The highest BCUT2D eigenvalue weighted by molar-refractivity contribution is 7.07. The van der Waals surface area contributed by atoms with Gasteiger partial charge in [0.25, 0.3) is 0 Å². The Hall–Kier alpha value is -1.88. The molecule has 2 aromatic rings. The molecule has 0 saturated carbocycles. The summed E-state index contributed by atoms with van der Waals surface area (Å²) >= 11 is 1.57. The van der Waals surface area contributed by atoms with Crippen molar-refractivity contribution >= 4 is 17.6 Å². The van der Waals surface area contributed by atoms with Gasteiger partial charge in [0.15, 0.2) is 0 Å². The summed E-state index contributed by atoms with van der Waals surface area (Å²) in [6.07, 6.45) is 1.63. The molecule has 0 bridgehead atoms. The fourth-order valence-corrected chi connectivity index (χ4v) is 2.53.